The van der Waals surface area contributed by atoms with Crippen LogP contribution in [0.1, 0.15) is 23.6 Å². The van der Waals surface area contributed by atoms with E-state index in [0.29, 0.717) is 5.82 Å². The van der Waals surface area contributed by atoms with Crippen LogP contribution in [0.5, 0.6) is 0 Å². The van der Waals surface area contributed by atoms with E-state index in [-0.39, 0.29) is 12.4 Å². The lowest BCUT2D eigenvalue weighted by Gasteiger charge is -2.08. The third-order valence-electron chi connectivity index (χ3n) is 2.75. The van der Waals surface area contributed by atoms with E-state index < -0.39 is 0 Å². The normalized spacial score (nSPS) is 10.2. The number of benzene rings is 1. The number of nitrogens with zero attached hydrogens (tertiary/aromatic N) is 1. The third-order valence-corrected chi connectivity index (χ3v) is 2.75. The molecule has 0 aliphatic carbocycles. The predicted octanol–water partition coefficient (Wildman–Crippen LogP) is 3.42. The smallest absolute Gasteiger partial charge is 0.127 e. The van der Waals surface area contributed by atoms with Crippen molar-refractivity contribution in [2.45, 2.75) is 27.2 Å². The molecule has 1 heterocycles. The van der Waals surface area contributed by atoms with Crippen LogP contribution in [0, 0.1) is 13.8 Å². The Morgan fingerprint density at radius 1 is 1.19 bits per heavy atom. The minimum atomic E-state index is 0. The first-order valence-corrected chi connectivity index (χ1v) is 5.28. The van der Waals surface area contributed by atoms with Crippen molar-refractivity contribution in [1.29, 1.82) is 0 Å². The maximum atomic E-state index is 5.89. The van der Waals surface area contributed by atoms with Gasteiger partial charge in [0.05, 0.1) is 5.52 Å². The number of hydrogen-bond donors (Lipinski definition) is 1. The quantitative estimate of drug-likeness (QED) is 0.824. The molecule has 0 atom stereocenters. The monoisotopic (exact) mass is 236 g/mol. The Morgan fingerprint density at radius 3 is 2.50 bits per heavy atom. The van der Waals surface area contributed by atoms with E-state index in [1.165, 1.54) is 16.5 Å². The molecule has 0 radical (unpaired) electrons. The van der Waals surface area contributed by atoms with Gasteiger partial charge in [0, 0.05) is 5.39 Å². The van der Waals surface area contributed by atoms with Crippen LogP contribution < -0.4 is 5.73 Å². The molecule has 3 heteroatoms. The Kier molecular flexibility index (Phi) is 3.76. The van der Waals surface area contributed by atoms with Gasteiger partial charge in [-0.2, -0.15) is 0 Å². The maximum absolute atomic E-state index is 5.89. The number of fused-ring (bicyclic) bond motifs is 1. The van der Waals surface area contributed by atoms with Crippen molar-refractivity contribution >= 4 is 29.1 Å². The predicted molar refractivity (Wildman–Crippen MR) is 72.3 cm³/mol. The van der Waals surface area contributed by atoms with Crippen LogP contribution in [0.3, 0.4) is 0 Å². The van der Waals surface area contributed by atoms with Crippen LogP contribution in [0.2, 0.25) is 0 Å². The summed E-state index contributed by atoms with van der Waals surface area (Å²) in [6.45, 7) is 6.28. The zero-order chi connectivity index (χ0) is 11.0. The van der Waals surface area contributed by atoms with E-state index in [0.717, 1.165) is 17.5 Å². The van der Waals surface area contributed by atoms with Gasteiger partial charge < -0.3 is 5.73 Å². The molecule has 0 bridgehead atoms. The van der Waals surface area contributed by atoms with E-state index in [2.05, 4.69) is 44.0 Å². The van der Waals surface area contributed by atoms with E-state index in [1.807, 2.05) is 0 Å². The second-order valence-corrected chi connectivity index (χ2v) is 4.04. The van der Waals surface area contributed by atoms with E-state index in [9.17, 15) is 0 Å². The fourth-order valence-electron chi connectivity index (χ4n) is 1.99. The Hall–Kier alpha value is -1.28. The summed E-state index contributed by atoms with van der Waals surface area (Å²) in [6, 6.07) is 6.45. The number of rotatable bonds is 1. The first-order valence-electron chi connectivity index (χ1n) is 5.28. The number of nitrogen functional groups attached to an aromatic ring is 1. The second-order valence-electron chi connectivity index (χ2n) is 4.04. The number of aryl methyl sites for hydroxylation is 3. The molecule has 0 spiro atoms. The second kappa shape index (κ2) is 4.71. The van der Waals surface area contributed by atoms with E-state index in [1.54, 1.807) is 0 Å². The van der Waals surface area contributed by atoms with Crippen LogP contribution in [-0.4, -0.2) is 4.98 Å². The molecule has 16 heavy (non-hydrogen) atoms. The summed E-state index contributed by atoms with van der Waals surface area (Å²) in [5.41, 5.74) is 10.5. The number of nitrogens with two attached hydrogens (primary N) is 1. The van der Waals surface area contributed by atoms with Crippen molar-refractivity contribution in [3.8, 4) is 0 Å². The summed E-state index contributed by atoms with van der Waals surface area (Å²) >= 11 is 0. The lowest BCUT2D eigenvalue weighted by atomic mass is 10.0. The topological polar surface area (TPSA) is 38.9 Å². The van der Waals surface area contributed by atoms with Crippen molar-refractivity contribution in [3.63, 3.8) is 0 Å². The van der Waals surface area contributed by atoms with Crippen LogP contribution in [-0.2, 0) is 6.42 Å². The zero-order valence-electron chi connectivity index (χ0n) is 9.87. The molecule has 2 nitrogen and oxygen atoms in total. The van der Waals surface area contributed by atoms with Gasteiger partial charge in [-0.25, -0.2) is 4.98 Å². The summed E-state index contributed by atoms with van der Waals surface area (Å²) in [4.78, 5) is 4.46. The molecule has 0 aliphatic rings. The number of hydrogen-bond acceptors (Lipinski definition) is 2. The molecule has 1 aromatic heterocycles. The minimum absolute atomic E-state index is 0. The van der Waals surface area contributed by atoms with Crippen molar-refractivity contribution in [2.75, 3.05) is 5.73 Å². The van der Waals surface area contributed by atoms with Gasteiger partial charge in [0.1, 0.15) is 5.82 Å². The van der Waals surface area contributed by atoms with Crippen molar-refractivity contribution in [3.05, 3.63) is 34.9 Å². The first kappa shape index (κ1) is 12.8. The number of anilines is 1. The average Bonchev–Trinajstić information content (AvgIpc) is 2.18. The lowest BCUT2D eigenvalue weighted by molar-refractivity contribution is 1.12. The summed E-state index contributed by atoms with van der Waals surface area (Å²) in [7, 11) is 0. The van der Waals surface area contributed by atoms with Gasteiger partial charge in [-0.1, -0.05) is 18.6 Å². The van der Waals surface area contributed by atoms with Crippen LogP contribution in [0.15, 0.2) is 18.2 Å². The van der Waals surface area contributed by atoms with Gasteiger partial charge in [-0.05, 0) is 43.5 Å². The van der Waals surface area contributed by atoms with E-state index >= 15 is 0 Å². The molecular formula is C13H17ClN2. The lowest BCUT2D eigenvalue weighted by Crippen LogP contribution is -1.98. The largest absolute Gasteiger partial charge is 0.383 e. The summed E-state index contributed by atoms with van der Waals surface area (Å²) in [5.74, 6) is 0.664. The molecule has 0 aliphatic heterocycles. The molecule has 1 aromatic carbocycles. The van der Waals surface area contributed by atoms with Crippen molar-refractivity contribution < 1.29 is 0 Å². The highest BCUT2D eigenvalue weighted by atomic mass is 35.5. The van der Waals surface area contributed by atoms with Crippen LogP contribution in [0.4, 0.5) is 5.82 Å². The number of halogens is 1. The maximum Gasteiger partial charge on any atom is 0.127 e. The van der Waals surface area contributed by atoms with Gasteiger partial charge in [-0.15, -0.1) is 12.4 Å². The Balaban J connectivity index is 0.00000128. The Morgan fingerprint density at radius 2 is 1.88 bits per heavy atom. The summed E-state index contributed by atoms with van der Waals surface area (Å²) < 4.78 is 0. The summed E-state index contributed by atoms with van der Waals surface area (Å²) in [5, 5.41) is 1.19. The molecule has 2 N–H and O–H groups in total. The zero-order valence-corrected chi connectivity index (χ0v) is 10.7. The Bertz CT molecular complexity index is 521. The molecule has 0 unspecified atom stereocenters. The summed E-state index contributed by atoms with van der Waals surface area (Å²) in [6.07, 6.45) is 0.932. The van der Waals surface area contributed by atoms with Crippen LogP contribution >= 0.6 is 12.4 Å². The van der Waals surface area contributed by atoms with Crippen molar-refractivity contribution in [2.24, 2.45) is 0 Å². The molecule has 86 valence electrons. The fraction of sp³-hybridized carbons (Fsp3) is 0.308. The third kappa shape index (κ3) is 2.12. The van der Waals surface area contributed by atoms with Crippen LogP contribution in [0.25, 0.3) is 10.9 Å². The van der Waals surface area contributed by atoms with Gasteiger partial charge in [0.2, 0.25) is 0 Å². The van der Waals surface area contributed by atoms with Gasteiger partial charge in [-0.3, -0.25) is 0 Å². The molecule has 0 saturated heterocycles. The molecule has 0 saturated carbocycles. The molecule has 2 aromatic rings. The number of aromatic nitrogens is 1. The minimum Gasteiger partial charge on any atom is -0.383 e. The molecular weight excluding hydrogens is 220 g/mol. The molecule has 0 amide bonds. The molecule has 2 rings (SSSR count). The van der Waals surface area contributed by atoms with Crippen molar-refractivity contribution in [1.82, 2.24) is 4.98 Å². The SMILES string of the molecule is CCc1cc2cc(C)cc(C)c2nc1N.Cl. The highest BCUT2D eigenvalue weighted by molar-refractivity contribution is 5.85. The van der Waals surface area contributed by atoms with Gasteiger partial charge in [0.15, 0.2) is 0 Å². The average molecular weight is 237 g/mol. The molecule has 0 fully saturated rings. The fourth-order valence-corrected chi connectivity index (χ4v) is 1.99. The highest BCUT2D eigenvalue weighted by Gasteiger charge is 2.05. The Labute approximate surface area is 102 Å². The van der Waals surface area contributed by atoms with E-state index in [4.69, 9.17) is 5.73 Å². The standard InChI is InChI=1S/C13H16N2.ClH/c1-4-10-7-11-6-8(2)5-9(3)12(11)15-13(10)14;/h5-7H,4H2,1-3H3,(H2,14,15);1H. The van der Waals surface area contributed by atoms with Gasteiger partial charge >= 0.3 is 0 Å². The highest BCUT2D eigenvalue weighted by Crippen LogP contribution is 2.23. The van der Waals surface area contributed by atoms with Gasteiger partial charge in [0.25, 0.3) is 0 Å². The first-order chi connectivity index (χ1) is 7.11. The number of pyridine rings is 1.